The topological polar surface area (TPSA) is 17.1 Å². The van der Waals surface area contributed by atoms with Crippen molar-refractivity contribution in [2.75, 3.05) is 0 Å². The molecule has 3 fully saturated rings. The largest absolute Gasteiger partial charge is 0.299 e. The summed E-state index contributed by atoms with van der Waals surface area (Å²) in [5.74, 6) is 3.35. The number of carbonyl (C=O) groups excluding carboxylic acids is 1. The first-order valence-electron chi connectivity index (χ1n) is 4.91. The molecule has 0 N–H and O–H groups in total. The van der Waals surface area contributed by atoms with E-state index in [4.69, 9.17) is 0 Å². The second kappa shape index (κ2) is 1.88. The summed E-state index contributed by atoms with van der Waals surface area (Å²) in [4.78, 5) is 11.5. The number of hydrogen-bond donors (Lipinski definition) is 0. The van der Waals surface area contributed by atoms with Gasteiger partial charge in [-0.3, -0.25) is 4.79 Å². The summed E-state index contributed by atoms with van der Waals surface area (Å²) in [6.07, 6.45) is 6.69. The van der Waals surface area contributed by atoms with Crippen LogP contribution in [0.5, 0.6) is 0 Å². The van der Waals surface area contributed by atoms with Crippen LogP contribution in [0.25, 0.3) is 0 Å². The summed E-state index contributed by atoms with van der Waals surface area (Å²) in [6.45, 7) is 0. The van der Waals surface area contributed by atoms with Gasteiger partial charge in [-0.25, -0.2) is 0 Å². The van der Waals surface area contributed by atoms with Gasteiger partial charge in [0.2, 0.25) is 0 Å². The predicted molar refractivity (Wildman–Crippen MR) is 42.1 cm³/mol. The molecule has 0 aromatic carbocycles. The van der Waals surface area contributed by atoms with Gasteiger partial charge in [-0.15, -0.1) is 0 Å². The van der Waals surface area contributed by atoms with Crippen LogP contribution in [0.3, 0.4) is 0 Å². The zero-order valence-electron chi connectivity index (χ0n) is 6.75. The van der Waals surface area contributed by atoms with E-state index >= 15 is 0 Å². The first kappa shape index (κ1) is 6.22. The van der Waals surface area contributed by atoms with Crippen molar-refractivity contribution in [3.8, 4) is 0 Å². The first-order chi connectivity index (χ1) is 5.38. The summed E-state index contributed by atoms with van der Waals surface area (Å²) < 4.78 is 0. The quantitative estimate of drug-likeness (QED) is 0.516. The normalized spacial score (nSPS) is 53.6. The van der Waals surface area contributed by atoms with E-state index < -0.39 is 0 Å². The van der Waals surface area contributed by atoms with Crippen molar-refractivity contribution >= 4 is 5.78 Å². The van der Waals surface area contributed by atoms with Crippen molar-refractivity contribution in [3.63, 3.8) is 0 Å². The number of Topliss-reactive ketones (excluding diaryl/α,β-unsaturated/α-hetero) is 1. The highest BCUT2D eigenvalue weighted by molar-refractivity contribution is 5.91. The Labute approximate surface area is 67.2 Å². The van der Waals surface area contributed by atoms with Crippen molar-refractivity contribution < 1.29 is 4.79 Å². The van der Waals surface area contributed by atoms with Gasteiger partial charge in [0.25, 0.3) is 0 Å². The van der Waals surface area contributed by atoms with E-state index in [2.05, 4.69) is 0 Å². The molecule has 0 radical (unpaired) electrons. The van der Waals surface area contributed by atoms with Gasteiger partial charge >= 0.3 is 0 Å². The van der Waals surface area contributed by atoms with Gasteiger partial charge in [0.15, 0.2) is 0 Å². The van der Waals surface area contributed by atoms with E-state index in [1.165, 1.54) is 32.1 Å². The molecular formula is C10H14O. The molecule has 3 aliphatic rings. The van der Waals surface area contributed by atoms with E-state index in [0.717, 1.165) is 11.8 Å². The lowest BCUT2D eigenvalue weighted by Gasteiger charge is -2.55. The molecule has 1 unspecified atom stereocenters. The highest BCUT2D eigenvalue weighted by Crippen LogP contribution is 2.56. The van der Waals surface area contributed by atoms with Gasteiger partial charge in [-0.05, 0) is 37.5 Å². The fourth-order valence-corrected chi connectivity index (χ4v) is 3.63. The Hall–Kier alpha value is -0.330. The Morgan fingerprint density at radius 1 is 1.09 bits per heavy atom. The zero-order valence-corrected chi connectivity index (χ0v) is 6.75. The minimum Gasteiger partial charge on any atom is -0.299 e. The van der Waals surface area contributed by atoms with E-state index in [0.29, 0.717) is 17.6 Å². The molecule has 4 bridgehead atoms. The van der Waals surface area contributed by atoms with Crippen LogP contribution in [-0.2, 0) is 4.79 Å². The molecule has 0 aliphatic heterocycles. The molecule has 3 rings (SSSR count). The maximum Gasteiger partial charge on any atom is 0.139 e. The third-order valence-electron chi connectivity index (χ3n) is 4.14. The molecule has 0 amide bonds. The van der Waals surface area contributed by atoms with Crippen molar-refractivity contribution in [1.82, 2.24) is 0 Å². The van der Waals surface area contributed by atoms with Crippen LogP contribution in [0, 0.1) is 23.7 Å². The van der Waals surface area contributed by atoms with Crippen LogP contribution in [-0.4, -0.2) is 5.78 Å². The van der Waals surface area contributed by atoms with Crippen LogP contribution in [0.1, 0.15) is 32.1 Å². The van der Waals surface area contributed by atoms with Crippen LogP contribution in [0.4, 0.5) is 0 Å². The molecular weight excluding hydrogens is 136 g/mol. The average Bonchev–Trinajstić information content (AvgIpc) is 2.03. The highest BCUT2D eigenvalue weighted by Gasteiger charge is 2.56. The maximum atomic E-state index is 11.5. The molecule has 0 aromatic rings. The fraction of sp³-hybridized carbons (Fsp3) is 0.900. The SMILES string of the molecule is O=C1C2[C@H]3CCC[C@H]2[C@H]1CC3. The lowest BCUT2D eigenvalue weighted by atomic mass is 9.48. The molecule has 60 valence electrons. The van der Waals surface area contributed by atoms with Crippen molar-refractivity contribution in [2.45, 2.75) is 32.1 Å². The zero-order chi connectivity index (χ0) is 7.42. The molecule has 0 saturated heterocycles. The van der Waals surface area contributed by atoms with E-state index in [9.17, 15) is 4.79 Å². The first-order valence-corrected chi connectivity index (χ1v) is 4.91. The average molecular weight is 150 g/mol. The van der Waals surface area contributed by atoms with Gasteiger partial charge in [-0.1, -0.05) is 6.42 Å². The number of carbonyl (C=O) groups is 1. The van der Waals surface area contributed by atoms with Crippen molar-refractivity contribution in [3.05, 3.63) is 0 Å². The molecule has 3 aliphatic carbocycles. The maximum absolute atomic E-state index is 11.5. The summed E-state index contributed by atoms with van der Waals surface area (Å²) in [6, 6.07) is 0. The smallest absolute Gasteiger partial charge is 0.139 e. The molecule has 0 spiro atoms. The standard InChI is InChI=1S/C10H14O/c11-10-8-5-4-6-2-1-3-7(8)9(6)10/h6-9H,1-5H2/t6-,7-,8+,9?/m0/s1. The highest BCUT2D eigenvalue weighted by atomic mass is 16.1. The monoisotopic (exact) mass is 150 g/mol. The minimum absolute atomic E-state index is 0.525. The molecule has 11 heavy (non-hydrogen) atoms. The Balaban J connectivity index is 1.94. The van der Waals surface area contributed by atoms with Gasteiger partial charge in [-0.2, -0.15) is 0 Å². The van der Waals surface area contributed by atoms with E-state index in [-0.39, 0.29) is 0 Å². The molecule has 1 heteroatoms. The Bertz CT molecular complexity index is 200. The summed E-state index contributed by atoms with van der Waals surface area (Å²) in [5.41, 5.74) is 0. The molecule has 0 aromatic heterocycles. The number of hydrogen-bond acceptors (Lipinski definition) is 1. The minimum atomic E-state index is 0.525. The molecule has 3 saturated carbocycles. The van der Waals surface area contributed by atoms with Crippen LogP contribution in [0.15, 0.2) is 0 Å². The number of ketones is 1. The lowest BCUT2D eigenvalue weighted by molar-refractivity contribution is -0.158. The summed E-state index contributed by atoms with van der Waals surface area (Å²) >= 11 is 0. The number of rotatable bonds is 0. The fourth-order valence-electron chi connectivity index (χ4n) is 3.63. The Kier molecular flexibility index (Phi) is 1.06. The molecule has 0 heterocycles. The van der Waals surface area contributed by atoms with Crippen molar-refractivity contribution in [2.24, 2.45) is 23.7 Å². The van der Waals surface area contributed by atoms with E-state index in [1.54, 1.807) is 0 Å². The third kappa shape index (κ3) is 0.605. The van der Waals surface area contributed by atoms with Crippen molar-refractivity contribution in [1.29, 1.82) is 0 Å². The van der Waals surface area contributed by atoms with E-state index in [1.807, 2.05) is 0 Å². The predicted octanol–water partition coefficient (Wildman–Crippen LogP) is 2.01. The summed E-state index contributed by atoms with van der Waals surface area (Å²) in [5, 5.41) is 0. The Morgan fingerprint density at radius 3 is 2.64 bits per heavy atom. The second-order valence-electron chi connectivity index (χ2n) is 4.47. The molecule has 1 nitrogen and oxygen atoms in total. The van der Waals surface area contributed by atoms with Crippen LogP contribution in [0.2, 0.25) is 0 Å². The van der Waals surface area contributed by atoms with Gasteiger partial charge in [0.05, 0.1) is 0 Å². The lowest BCUT2D eigenvalue weighted by Crippen LogP contribution is -2.56. The van der Waals surface area contributed by atoms with Gasteiger partial charge < -0.3 is 0 Å². The van der Waals surface area contributed by atoms with Crippen LogP contribution < -0.4 is 0 Å². The van der Waals surface area contributed by atoms with Crippen LogP contribution >= 0.6 is 0 Å². The van der Waals surface area contributed by atoms with Gasteiger partial charge in [0, 0.05) is 11.8 Å². The molecule has 4 atom stereocenters. The third-order valence-corrected chi connectivity index (χ3v) is 4.14. The second-order valence-corrected chi connectivity index (χ2v) is 4.47. The Morgan fingerprint density at radius 2 is 2.00 bits per heavy atom. The summed E-state index contributed by atoms with van der Waals surface area (Å²) in [7, 11) is 0. The van der Waals surface area contributed by atoms with Gasteiger partial charge in [0.1, 0.15) is 5.78 Å².